The van der Waals surface area contributed by atoms with Crippen molar-refractivity contribution in [2.75, 3.05) is 46.0 Å². The number of carbonyl (C=O) groups is 2. The van der Waals surface area contributed by atoms with Gasteiger partial charge in [0.15, 0.2) is 0 Å². The van der Waals surface area contributed by atoms with Crippen molar-refractivity contribution in [1.29, 1.82) is 0 Å². The van der Waals surface area contributed by atoms with Gasteiger partial charge in [-0.25, -0.2) is 0 Å². The largest absolute Gasteiger partial charge is 0.507 e. The van der Waals surface area contributed by atoms with Crippen molar-refractivity contribution >= 4 is 29.1 Å². The second-order valence-corrected chi connectivity index (χ2v) is 8.91. The van der Waals surface area contributed by atoms with Crippen LogP contribution in [-0.2, 0) is 14.3 Å². The molecule has 184 valence electrons. The van der Waals surface area contributed by atoms with Crippen LogP contribution in [0.4, 0.5) is 0 Å². The van der Waals surface area contributed by atoms with Gasteiger partial charge in [0.25, 0.3) is 11.7 Å². The summed E-state index contributed by atoms with van der Waals surface area (Å²) in [6.45, 7) is 8.31. The summed E-state index contributed by atoms with van der Waals surface area (Å²) in [4.78, 5) is 30.1. The SMILES string of the molecule is C=CCOc1ccc(C2/C(=C(\O)c3ccc(Cl)cc3)C(=O)C(=O)N2CCCN2CCOCC2)cc1. The Morgan fingerprint density at radius 2 is 1.77 bits per heavy atom. The molecule has 0 spiro atoms. The van der Waals surface area contributed by atoms with E-state index in [2.05, 4.69) is 11.5 Å². The summed E-state index contributed by atoms with van der Waals surface area (Å²) in [5, 5.41) is 11.6. The van der Waals surface area contributed by atoms with E-state index in [0.29, 0.717) is 49.1 Å². The smallest absolute Gasteiger partial charge is 0.295 e. The number of amides is 1. The standard InChI is InChI=1S/C27H29ClN2O5/c1-2-16-35-22-10-6-19(7-11-22)24-23(25(31)20-4-8-21(28)9-5-20)26(32)27(33)30(24)13-3-12-29-14-17-34-18-15-29/h2,4-11,24,31H,1,3,12-18H2/b25-23+. The Bertz CT molecular complexity index is 1090. The molecule has 2 aromatic rings. The normalized spacial score (nSPS) is 20.3. The maximum atomic E-state index is 13.2. The fraction of sp³-hybridized carbons (Fsp3) is 0.333. The van der Waals surface area contributed by atoms with Crippen LogP contribution in [0.1, 0.15) is 23.6 Å². The zero-order chi connectivity index (χ0) is 24.8. The molecule has 0 bridgehead atoms. The molecule has 2 aliphatic heterocycles. The van der Waals surface area contributed by atoms with Crippen molar-refractivity contribution in [3.8, 4) is 5.75 Å². The number of Topliss-reactive ketones (excluding diaryl/α,β-unsaturated/α-hetero) is 1. The summed E-state index contributed by atoms with van der Waals surface area (Å²) in [5.74, 6) is -0.872. The lowest BCUT2D eigenvalue weighted by molar-refractivity contribution is -0.140. The van der Waals surface area contributed by atoms with E-state index in [-0.39, 0.29) is 11.3 Å². The quantitative estimate of drug-likeness (QED) is 0.244. The summed E-state index contributed by atoms with van der Waals surface area (Å²) in [5.41, 5.74) is 1.22. The number of halogens is 1. The fourth-order valence-corrected chi connectivity index (χ4v) is 4.54. The van der Waals surface area contributed by atoms with Crippen LogP contribution in [-0.4, -0.2) is 72.6 Å². The number of likely N-dealkylation sites (tertiary alicyclic amines) is 1. The Morgan fingerprint density at radius 1 is 1.09 bits per heavy atom. The predicted molar refractivity (Wildman–Crippen MR) is 134 cm³/mol. The van der Waals surface area contributed by atoms with E-state index in [4.69, 9.17) is 21.1 Å². The van der Waals surface area contributed by atoms with Crippen LogP contribution in [0.15, 0.2) is 66.8 Å². The molecule has 1 unspecified atom stereocenters. The van der Waals surface area contributed by atoms with Crippen LogP contribution < -0.4 is 4.74 Å². The van der Waals surface area contributed by atoms with Gasteiger partial charge in [-0.3, -0.25) is 14.5 Å². The first-order valence-electron chi connectivity index (χ1n) is 11.7. The molecule has 0 aliphatic carbocycles. The summed E-state index contributed by atoms with van der Waals surface area (Å²) >= 11 is 5.99. The Balaban J connectivity index is 1.65. The minimum Gasteiger partial charge on any atom is -0.507 e. The minimum absolute atomic E-state index is 0.0726. The van der Waals surface area contributed by atoms with Gasteiger partial charge in [0.1, 0.15) is 18.1 Å². The maximum Gasteiger partial charge on any atom is 0.295 e. The summed E-state index contributed by atoms with van der Waals surface area (Å²) < 4.78 is 11.0. The molecule has 2 aliphatic rings. The Hall–Kier alpha value is -3.13. The molecule has 0 aromatic heterocycles. The van der Waals surface area contributed by atoms with Crippen molar-refractivity contribution in [3.63, 3.8) is 0 Å². The maximum absolute atomic E-state index is 13.2. The Kier molecular flexibility index (Phi) is 8.23. The molecule has 35 heavy (non-hydrogen) atoms. The van der Waals surface area contributed by atoms with Gasteiger partial charge in [-0.15, -0.1) is 0 Å². The van der Waals surface area contributed by atoms with Crippen molar-refractivity contribution in [3.05, 3.63) is 82.9 Å². The fourth-order valence-electron chi connectivity index (χ4n) is 4.41. The van der Waals surface area contributed by atoms with Crippen LogP contribution in [0, 0.1) is 0 Å². The number of nitrogens with zero attached hydrogens (tertiary/aromatic N) is 2. The third kappa shape index (κ3) is 5.75. The molecule has 4 rings (SSSR count). The number of rotatable bonds is 9. The summed E-state index contributed by atoms with van der Waals surface area (Å²) in [6.07, 6.45) is 2.36. The zero-order valence-electron chi connectivity index (χ0n) is 19.5. The highest BCUT2D eigenvalue weighted by Gasteiger charge is 2.45. The molecule has 1 N–H and O–H groups in total. The van der Waals surface area contributed by atoms with Crippen LogP contribution in [0.25, 0.3) is 5.76 Å². The molecule has 2 fully saturated rings. The first-order chi connectivity index (χ1) is 17.0. The third-order valence-corrected chi connectivity index (χ3v) is 6.45. The number of morpholine rings is 1. The van der Waals surface area contributed by atoms with Gasteiger partial charge in [-0.2, -0.15) is 0 Å². The van der Waals surface area contributed by atoms with Gasteiger partial charge in [0, 0.05) is 36.8 Å². The van der Waals surface area contributed by atoms with E-state index in [1.807, 2.05) is 12.1 Å². The van der Waals surface area contributed by atoms with E-state index in [1.54, 1.807) is 47.4 Å². The molecular formula is C27H29ClN2O5. The second kappa shape index (κ2) is 11.5. The van der Waals surface area contributed by atoms with Crippen LogP contribution in [0.5, 0.6) is 5.75 Å². The zero-order valence-corrected chi connectivity index (χ0v) is 20.2. The van der Waals surface area contributed by atoms with Crippen LogP contribution >= 0.6 is 11.6 Å². The molecule has 8 heteroatoms. The predicted octanol–water partition coefficient (Wildman–Crippen LogP) is 4.05. The lowest BCUT2D eigenvalue weighted by Crippen LogP contribution is -2.38. The van der Waals surface area contributed by atoms with Crippen molar-refractivity contribution < 1.29 is 24.2 Å². The number of benzene rings is 2. The molecule has 0 saturated carbocycles. The first-order valence-corrected chi connectivity index (χ1v) is 12.1. The van der Waals surface area contributed by atoms with Gasteiger partial charge < -0.3 is 19.5 Å². The lowest BCUT2D eigenvalue weighted by Gasteiger charge is -2.29. The Labute approximate surface area is 210 Å². The molecule has 2 heterocycles. The number of hydrogen-bond acceptors (Lipinski definition) is 6. The average molecular weight is 497 g/mol. The Morgan fingerprint density at radius 3 is 2.43 bits per heavy atom. The monoisotopic (exact) mass is 496 g/mol. The van der Waals surface area contributed by atoms with Crippen LogP contribution in [0.2, 0.25) is 5.02 Å². The third-order valence-electron chi connectivity index (χ3n) is 6.20. The molecule has 7 nitrogen and oxygen atoms in total. The molecule has 1 atom stereocenters. The van der Waals surface area contributed by atoms with Gasteiger partial charge in [-0.05, 0) is 48.4 Å². The average Bonchev–Trinajstić information content (AvgIpc) is 3.13. The topological polar surface area (TPSA) is 79.3 Å². The molecule has 1 amide bonds. The number of ketones is 1. The molecule has 2 saturated heterocycles. The van der Waals surface area contributed by atoms with Gasteiger partial charge >= 0.3 is 0 Å². The van der Waals surface area contributed by atoms with E-state index in [9.17, 15) is 14.7 Å². The summed E-state index contributed by atoms with van der Waals surface area (Å²) in [6, 6.07) is 13.0. The van der Waals surface area contributed by atoms with Gasteiger partial charge in [0.2, 0.25) is 0 Å². The summed E-state index contributed by atoms with van der Waals surface area (Å²) in [7, 11) is 0. The van der Waals surface area contributed by atoms with Crippen molar-refractivity contribution in [2.45, 2.75) is 12.5 Å². The first kappa shape index (κ1) is 25.0. The van der Waals surface area contributed by atoms with E-state index in [1.165, 1.54) is 0 Å². The van der Waals surface area contributed by atoms with E-state index < -0.39 is 17.7 Å². The molecular weight excluding hydrogens is 468 g/mol. The molecule has 2 aromatic carbocycles. The number of carbonyl (C=O) groups excluding carboxylic acids is 2. The highest BCUT2D eigenvalue weighted by Crippen LogP contribution is 2.40. The highest BCUT2D eigenvalue weighted by molar-refractivity contribution is 6.46. The van der Waals surface area contributed by atoms with Gasteiger partial charge in [0.05, 0.1) is 24.8 Å². The minimum atomic E-state index is -0.705. The van der Waals surface area contributed by atoms with Crippen LogP contribution in [0.3, 0.4) is 0 Å². The second-order valence-electron chi connectivity index (χ2n) is 8.48. The van der Waals surface area contributed by atoms with Crippen molar-refractivity contribution in [2.24, 2.45) is 0 Å². The van der Waals surface area contributed by atoms with Crippen molar-refractivity contribution in [1.82, 2.24) is 9.80 Å². The van der Waals surface area contributed by atoms with Gasteiger partial charge in [-0.1, -0.05) is 36.4 Å². The van der Waals surface area contributed by atoms with E-state index >= 15 is 0 Å². The number of aliphatic hydroxyl groups excluding tert-OH is 1. The highest BCUT2D eigenvalue weighted by atomic mass is 35.5. The lowest BCUT2D eigenvalue weighted by atomic mass is 9.95. The number of ether oxygens (including phenoxy) is 2. The number of hydrogen-bond donors (Lipinski definition) is 1. The molecule has 0 radical (unpaired) electrons. The van der Waals surface area contributed by atoms with E-state index in [0.717, 1.165) is 25.2 Å². The number of aliphatic hydroxyl groups is 1.